The highest BCUT2D eigenvalue weighted by Gasteiger charge is 2.42. The lowest BCUT2D eigenvalue weighted by Crippen LogP contribution is -2.33. The molecule has 2 heterocycles. The highest BCUT2D eigenvalue weighted by atomic mass is 35.5. The van der Waals surface area contributed by atoms with Crippen LogP contribution in [0, 0.1) is 5.82 Å². The molecule has 2 aliphatic rings. The number of nitrogens with one attached hydrogen (secondary N) is 1. The predicted molar refractivity (Wildman–Crippen MR) is 137 cm³/mol. The third kappa shape index (κ3) is 4.87. The third-order valence-corrected chi connectivity index (χ3v) is 7.76. The van der Waals surface area contributed by atoms with Crippen molar-refractivity contribution in [2.75, 3.05) is 18.0 Å². The van der Waals surface area contributed by atoms with Gasteiger partial charge in [-0.2, -0.15) is 0 Å². The molecule has 0 radical (unpaired) electrons. The van der Waals surface area contributed by atoms with Gasteiger partial charge in [0, 0.05) is 41.3 Å². The molecule has 3 aromatic rings. The summed E-state index contributed by atoms with van der Waals surface area (Å²) in [5.74, 6) is 0.121. The van der Waals surface area contributed by atoms with Crippen LogP contribution >= 0.6 is 23.2 Å². The van der Waals surface area contributed by atoms with E-state index in [1.165, 1.54) is 12.1 Å². The molecule has 0 spiro atoms. The molecular weight excluding hydrogens is 486 g/mol. The van der Waals surface area contributed by atoms with E-state index in [4.69, 9.17) is 28.2 Å². The molecule has 1 saturated carbocycles. The van der Waals surface area contributed by atoms with E-state index in [2.05, 4.69) is 15.2 Å². The minimum absolute atomic E-state index is 0.256. The van der Waals surface area contributed by atoms with Crippen molar-refractivity contribution in [2.45, 2.75) is 50.5 Å². The summed E-state index contributed by atoms with van der Waals surface area (Å²) < 4.78 is 13.8. The lowest BCUT2D eigenvalue weighted by molar-refractivity contribution is 0.0947. The Morgan fingerprint density at radius 3 is 2.43 bits per heavy atom. The largest absolute Gasteiger partial charge is 0.348 e. The van der Waals surface area contributed by atoms with Crippen LogP contribution in [0.4, 0.5) is 10.3 Å². The number of carbonyl (C=O) groups is 1. The van der Waals surface area contributed by atoms with Crippen LogP contribution in [0.3, 0.4) is 0 Å². The van der Waals surface area contributed by atoms with E-state index in [0.29, 0.717) is 21.6 Å². The molecule has 0 atom stereocenters. The molecule has 182 valence electrons. The number of anilines is 1. The number of rotatable bonds is 6. The zero-order valence-corrected chi connectivity index (χ0v) is 20.9. The quantitative estimate of drug-likeness (QED) is 0.420. The second kappa shape index (κ2) is 10.1. The Bertz CT molecular complexity index is 1220. The number of benzene rings is 2. The second-order valence-electron chi connectivity index (χ2n) is 9.34. The van der Waals surface area contributed by atoms with Crippen molar-refractivity contribution in [3.63, 3.8) is 0 Å². The maximum atomic E-state index is 13.8. The van der Waals surface area contributed by atoms with Gasteiger partial charge in [0.2, 0.25) is 5.95 Å². The first-order chi connectivity index (χ1) is 17.0. The van der Waals surface area contributed by atoms with E-state index < -0.39 is 5.41 Å². The van der Waals surface area contributed by atoms with Gasteiger partial charge in [0.05, 0.1) is 11.3 Å². The van der Waals surface area contributed by atoms with Crippen LogP contribution in [-0.4, -0.2) is 29.0 Å². The van der Waals surface area contributed by atoms with Crippen molar-refractivity contribution < 1.29 is 9.18 Å². The fourth-order valence-corrected chi connectivity index (χ4v) is 5.79. The molecule has 1 saturated heterocycles. The van der Waals surface area contributed by atoms with Crippen molar-refractivity contribution in [3.8, 4) is 0 Å². The normalized spacial score (nSPS) is 17.1. The van der Waals surface area contributed by atoms with Crippen molar-refractivity contribution >= 4 is 35.1 Å². The molecule has 0 bridgehead atoms. The highest BCUT2D eigenvalue weighted by molar-refractivity contribution is 6.35. The van der Waals surface area contributed by atoms with Gasteiger partial charge in [-0.25, -0.2) is 14.4 Å². The summed E-state index contributed by atoms with van der Waals surface area (Å²) in [5.41, 5.74) is 2.46. The molecule has 1 aliphatic carbocycles. The summed E-state index contributed by atoms with van der Waals surface area (Å²) in [5, 5.41) is 4.03. The fourth-order valence-electron chi connectivity index (χ4n) is 5.32. The smallest absolute Gasteiger partial charge is 0.255 e. The summed E-state index contributed by atoms with van der Waals surface area (Å²) in [6, 6.07) is 11.8. The maximum absolute atomic E-state index is 13.8. The molecule has 2 fully saturated rings. The van der Waals surface area contributed by atoms with Crippen LogP contribution in [0.15, 0.2) is 48.7 Å². The minimum atomic E-state index is -0.463. The number of carbonyl (C=O) groups excluding carboxylic acids is 1. The Kier molecular flexibility index (Phi) is 6.94. The lowest BCUT2D eigenvalue weighted by Gasteiger charge is -2.32. The van der Waals surface area contributed by atoms with E-state index in [1.807, 2.05) is 12.1 Å². The van der Waals surface area contributed by atoms with Gasteiger partial charge in [0.25, 0.3) is 5.91 Å². The Morgan fingerprint density at radius 2 is 1.74 bits per heavy atom. The van der Waals surface area contributed by atoms with Crippen molar-refractivity contribution in [1.29, 1.82) is 0 Å². The Balaban J connectivity index is 1.54. The van der Waals surface area contributed by atoms with Crippen LogP contribution in [0.25, 0.3) is 0 Å². The van der Waals surface area contributed by atoms with Crippen molar-refractivity contribution in [3.05, 3.63) is 86.9 Å². The van der Waals surface area contributed by atoms with Gasteiger partial charge in [-0.1, -0.05) is 54.2 Å². The highest BCUT2D eigenvalue weighted by Crippen LogP contribution is 2.47. The Labute approximate surface area is 214 Å². The zero-order chi connectivity index (χ0) is 24.4. The number of hydrogen-bond acceptors (Lipinski definition) is 4. The summed E-state index contributed by atoms with van der Waals surface area (Å²) in [6.45, 7) is 2.07. The fraction of sp³-hybridized carbons (Fsp3) is 0.370. The summed E-state index contributed by atoms with van der Waals surface area (Å²) in [7, 11) is 0. The number of nitrogens with zero attached hydrogens (tertiary/aromatic N) is 3. The van der Waals surface area contributed by atoms with Gasteiger partial charge in [-0.15, -0.1) is 0 Å². The van der Waals surface area contributed by atoms with E-state index in [1.54, 1.807) is 24.4 Å². The molecule has 1 amide bonds. The lowest BCUT2D eigenvalue weighted by atomic mass is 9.74. The number of halogens is 3. The monoisotopic (exact) mass is 512 g/mol. The first-order valence-electron chi connectivity index (χ1n) is 12.1. The van der Waals surface area contributed by atoms with Crippen LogP contribution in [-0.2, 0) is 12.0 Å². The number of hydrogen-bond donors (Lipinski definition) is 1. The van der Waals surface area contributed by atoms with E-state index in [0.717, 1.165) is 68.4 Å². The van der Waals surface area contributed by atoms with Gasteiger partial charge in [0.15, 0.2) is 0 Å². The minimum Gasteiger partial charge on any atom is -0.348 e. The predicted octanol–water partition coefficient (Wildman–Crippen LogP) is 6.31. The number of aromatic nitrogens is 2. The number of amides is 1. The average molecular weight is 513 g/mol. The van der Waals surface area contributed by atoms with Crippen molar-refractivity contribution in [1.82, 2.24) is 15.3 Å². The molecule has 1 aromatic heterocycles. The van der Waals surface area contributed by atoms with Gasteiger partial charge in [-0.05, 0) is 61.1 Å². The first kappa shape index (κ1) is 24.0. The van der Waals surface area contributed by atoms with Gasteiger partial charge in [0.1, 0.15) is 5.82 Å². The van der Waals surface area contributed by atoms with Crippen molar-refractivity contribution in [2.24, 2.45) is 0 Å². The van der Waals surface area contributed by atoms with E-state index >= 15 is 0 Å². The molecule has 5 nitrogen and oxygen atoms in total. The maximum Gasteiger partial charge on any atom is 0.255 e. The Hall–Kier alpha value is -2.70. The molecule has 5 rings (SSSR count). The summed E-state index contributed by atoms with van der Waals surface area (Å²) in [6.07, 6.45) is 7.58. The third-order valence-electron chi connectivity index (χ3n) is 7.17. The molecule has 1 N–H and O–H groups in total. The second-order valence-corrected chi connectivity index (χ2v) is 10.2. The standard InChI is InChI=1S/C27H27Cl2FN4O/c28-20-8-5-18(23(29)15-20)16-31-25(35)22-17-32-26(34-13-3-4-14-34)33-24(22)27(11-1-2-12-27)19-6-9-21(30)10-7-19/h5-10,15,17H,1-4,11-14,16H2,(H,31,35). The average Bonchev–Trinajstić information content (AvgIpc) is 3.57. The summed E-state index contributed by atoms with van der Waals surface area (Å²) >= 11 is 12.3. The molecule has 1 aliphatic heterocycles. The van der Waals surface area contributed by atoms with Crippen LogP contribution in [0.2, 0.25) is 10.0 Å². The molecular formula is C27H27Cl2FN4O. The molecule has 0 unspecified atom stereocenters. The molecule has 8 heteroatoms. The summed E-state index contributed by atoms with van der Waals surface area (Å²) in [4.78, 5) is 25.3. The molecule has 35 heavy (non-hydrogen) atoms. The Morgan fingerprint density at radius 1 is 1.03 bits per heavy atom. The van der Waals surface area contributed by atoms with E-state index in [9.17, 15) is 9.18 Å². The van der Waals surface area contributed by atoms with Crippen LogP contribution in [0.1, 0.15) is 65.7 Å². The van der Waals surface area contributed by atoms with Crippen LogP contribution < -0.4 is 10.2 Å². The van der Waals surface area contributed by atoms with Crippen LogP contribution in [0.5, 0.6) is 0 Å². The van der Waals surface area contributed by atoms with Gasteiger partial charge >= 0.3 is 0 Å². The molecule has 2 aromatic carbocycles. The topological polar surface area (TPSA) is 58.1 Å². The van der Waals surface area contributed by atoms with Gasteiger partial charge in [-0.3, -0.25) is 4.79 Å². The first-order valence-corrected chi connectivity index (χ1v) is 12.8. The SMILES string of the molecule is O=C(NCc1ccc(Cl)cc1Cl)c1cnc(N2CCCC2)nc1C1(c2ccc(F)cc2)CCCC1. The van der Waals surface area contributed by atoms with E-state index in [-0.39, 0.29) is 18.3 Å². The van der Waals surface area contributed by atoms with Gasteiger partial charge < -0.3 is 10.2 Å². The zero-order valence-electron chi connectivity index (χ0n) is 19.4.